The molecular formula is C13H17NO2. The fourth-order valence-electron chi connectivity index (χ4n) is 2.22. The van der Waals surface area contributed by atoms with E-state index in [9.17, 15) is 4.79 Å². The van der Waals surface area contributed by atoms with Gasteiger partial charge in [-0.2, -0.15) is 0 Å². The highest BCUT2D eigenvalue weighted by Crippen LogP contribution is 2.26. The Balaban J connectivity index is 2.09. The van der Waals surface area contributed by atoms with Crippen molar-refractivity contribution in [1.29, 1.82) is 0 Å². The molecule has 1 aromatic rings. The minimum Gasteiger partial charge on any atom is -0.481 e. The van der Waals surface area contributed by atoms with Gasteiger partial charge in [-0.3, -0.25) is 4.79 Å². The molecule has 0 unspecified atom stereocenters. The third-order valence-corrected chi connectivity index (χ3v) is 3.25. The van der Waals surface area contributed by atoms with Crippen LogP contribution in [0.2, 0.25) is 0 Å². The number of carboxylic acid groups (broad SMARTS) is 1. The van der Waals surface area contributed by atoms with Crippen molar-refractivity contribution in [2.45, 2.75) is 19.3 Å². The summed E-state index contributed by atoms with van der Waals surface area (Å²) >= 11 is 0. The lowest BCUT2D eigenvalue weighted by atomic mass is 9.85. The maximum absolute atomic E-state index is 10.9. The average molecular weight is 219 g/mol. The van der Waals surface area contributed by atoms with Gasteiger partial charge in [0, 0.05) is 13.1 Å². The Morgan fingerprint density at radius 3 is 2.62 bits per heavy atom. The first-order valence-electron chi connectivity index (χ1n) is 5.67. The van der Waals surface area contributed by atoms with Crippen LogP contribution in [0.1, 0.15) is 23.5 Å². The molecule has 2 rings (SSSR count). The summed E-state index contributed by atoms with van der Waals surface area (Å²) < 4.78 is 0. The van der Waals surface area contributed by atoms with Crippen LogP contribution in [0.4, 0.5) is 0 Å². The number of nitrogens with one attached hydrogen (secondary N) is 1. The van der Waals surface area contributed by atoms with Crippen molar-refractivity contribution in [2.24, 2.45) is 5.92 Å². The van der Waals surface area contributed by atoms with E-state index in [1.54, 1.807) is 0 Å². The topological polar surface area (TPSA) is 49.3 Å². The number of rotatable bonds is 2. The number of piperidine rings is 1. The second-order valence-electron chi connectivity index (χ2n) is 4.54. The molecule has 3 heteroatoms. The van der Waals surface area contributed by atoms with Crippen LogP contribution in [0.3, 0.4) is 0 Å². The SMILES string of the molecule is Cc1ccc([C@H]2CNC[C@@H](C(=O)O)C2)cc1. The van der Waals surface area contributed by atoms with E-state index < -0.39 is 5.97 Å². The molecule has 86 valence electrons. The van der Waals surface area contributed by atoms with Gasteiger partial charge >= 0.3 is 5.97 Å². The summed E-state index contributed by atoms with van der Waals surface area (Å²) in [4.78, 5) is 10.9. The molecule has 2 atom stereocenters. The van der Waals surface area contributed by atoms with Gasteiger partial charge in [-0.1, -0.05) is 29.8 Å². The molecule has 0 radical (unpaired) electrons. The van der Waals surface area contributed by atoms with Gasteiger partial charge in [0.25, 0.3) is 0 Å². The van der Waals surface area contributed by atoms with Crippen LogP contribution < -0.4 is 5.32 Å². The van der Waals surface area contributed by atoms with Crippen molar-refractivity contribution in [3.05, 3.63) is 35.4 Å². The Labute approximate surface area is 95.5 Å². The second-order valence-corrected chi connectivity index (χ2v) is 4.54. The Morgan fingerprint density at radius 1 is 1.31 bits per heavy atom. The Kier molecular flexibility index (Phi) is 3.25. The van der Waals surface area contributed by atoms with Gasteiger partial charge in [0.1, 0.15) is 0 Å². The lowest BCUT2D eigenvalue weighted by Gasteiger charge is -2.28. The van der Waals surface area contributed by atoms with Crippen LogP contribution in [0, 0.1) is 12.8 Å². The predicted molar refractivity (Wildman–Crippen MR) is 62.5 cm³/mol. The smallest absolute Gasteiger partial charge is 0.307 e. The van der Waals surface area contributed by atoms with Crippen LogP contribution in [-0.2, 0) is 4.79 Å². The van der Waals surface area contributed by atoms with E-state index >= 15 is 0 Å². The lowest BCUT2D eigenvalue weighted by molar-refractivity contribution is -0.142. The average Bonchev–Trinajstić information content (AvgIpc) is 2.30. The molecule has 1 fully saturated rings. The maximum atomic E-state index is 10.9. The van der Waals surface area contributed by atoms with Crippen LogP contribution >= 0.6 is 0 Å². The molecular weight excluding hydrogens is 202 g/mol. The zero-order valence-corrected chi connectivity index (χ0v) is 9.44. The predicted octanol–water partition coefficient (Wildman–Crippen LogP) is 1.77. The van der Waals surface area contributed by atoms with Crippen molar-refractivity contribution in [1.82, 2.24) is 5.32 Å². The lowest BCUT2D eigenvalue weighted by Crippen LogP contribution is -2.38. The molecule has 0 amide bonds. The van der Waals surface area contributed by atoms with Crippen molar-refractivity contribution < 1.29 is 9.90 Å². The fourth-order valence-corrected chi connectivity index (χ4v) is 2.22. The molecule has 1 heterocycles. The standard InChI is InChI=1S/C13H17NO2/c1-9-2-4-10(5-3-9)11-6-12(13(15)16)8-14-7-11/h2-5,11-12,14H,6-8H2,1H3,(H,15,16)/t11-,12+/m1/s1. The summed E-state index contributed by atoms with van der Waals surface area (Å²) in [6.07, 6.45) is 0.741. The van der Waals surface area contributed by atoms with Crippen LogP contribution in [0.5, 0.6) is 0 Å². The number of benzene rings is 1. The number of carboxylic acids is 1. The fraction of sp³-hybridized carbons (Fsp3) is 0.462. The van der Waals surface area contributed by atoms with E-state index in [2.05, 4.69) is 36.5 Å². The van der Waals surface area contributed by atoms with Gasteiger partial charge in [0.15, 0.2) is 0 Å². The number of aliphatic carboxylic acids is 1. The van der Waals surface area contributed by atoms with Gasteiger partial charge in [0.2, 0.25) is 0 Å². The summed E-state index contributed by atoms with van der Waals surface area (Å²) in [6, 6.07) is 8.37. The molecule has 16 heavy (non-hydrogen) atoms. The molecule has 1 aliphatic heterocycles. The quantitative estimate of drug-likeness (QED) is 0.797. The molecule has 0 spiro atoms. The monoisotopic (exact) mass is 219 g/mol. The Morgan fingerprint density at radius 2 is 2.00 bits per heavy atom. The van der Waals surface area contributed by atoms with E-state index in [0.717, 1.165) is 13.0 Å². The summed E-state index contributed by atoms with van der Waals surface area (Å²) in [7, 11) is 0. The second kappa shape index (κ2) is 4.66. The number of hydrogen-bond donors (Lipinski definition) is 2. The van der Waals surface area contributed by atoms with Crippen LogP contribution in [-0.4, -0.2) is 24.2 Å². The first-order valence-corrected chi connectivity index (χ1v) is 5.67. The third kappa shape index (κ3) is 2.42. The zero-order valence-electron chi connectivity index (χ0n) is 9.44. The summed E-state index contributed by atoms with van der Waals surface area (Å²) in [5.41, 5.74) is 2.48. The first-order chi connectivity index (χ1) is 7.66. The molecule has 2 N–H and O–H groups in total. The van der Waals surface area contributed by atoms with Gasteiger partial charge in [-0.25, -0.2) is 0 Å². The Bertz CT molecular complexity index is 372. The van der Waals surface area contributed by atoms with Gasteiger partial charge in [-0.15, -0.1) is 0 Å². The highest BCUT2D eigenvalue weighted by atomic mass is 16.4. The molecule has 0 saturated carbocycles. The van der Waals surface area contributed by atoms with E-state index in [1.807, 2.05) is 0 Å². The van der Waals surface area contributed by atoms with Crippen LogP contribution in [0.25, 0.3) is 0 Å². The maximum Gasteiger partial charge on any atom is 0.307 e. The molecule has 1 aliphatic rings. The third-order valence-electron chi connectivity index (χ3n) is 3.25. The molecule has 0 bridgehead atoms. The molecule has 1 aromatic carbocycles. The van der Waals surface area contributed by atoms with Crippen molar-refractivity contribution >= 4 is 5.97 Å². The summed E-state index contributed by atoms with van der Waals surface area (Å²) in [5, 5.41) is 12.2. The number of carbonyl (C=O) groups is 1. The molecule has 0 aliphatic carbocycles. The van der Waals surface area contributed by atoms with Crippen molar-refractivity contribution in [3.8, 4) is 0 Å². The molecule has 0 aromatic heterocycles. The highest BCUT2D eigenvalue weighted by Gasteiger charge is 2.27. The minimum atomic E-state index is -0.690. The Hall–Kier alpha value is -1.35. The summed E-state index contributed by atoms with van der Waals surface area (Å²) in [5.74, 6) is -0.611. The molecule has 1 saturated heterocycles. The normalized spacial score (nSPS) is 25.3. The first kappa shape index (κ1) is 11.1. The largest absolute Gasteiger partial charge is 0.481 e. The van der Waals surface area contributed by atoms with E-state index in [0.29, 0.717) is 12.5 Å². The van der Waals surface area contributed by atoms with Gasteiger partial charge in [0.05, 0.1) is 5.92 Å². The van der Waals surface area contributed by atoms with E-state index in [-0.39, 0.29) is 5.92 Å². The van der Waals surface area contributed by atoms with Gasteiger partial charge in [-0.05, 0) is 24.8 Å². The minimum absolute atomic E-state index is 0.250. The number of hydrogen-bond acceptors (Lipinski definition) is 2. The number of aryl methyl sites for hydroxylation is 1. The van der Waals surface area contributed by atoms with E-state index in [4.69, 9.17) is 5.11 Å². The zero-order chi connectivity index (χ0) is 11.5. The summed E-state index contributed by atoms with van der Waals surface area (Å²) in [6.45, 7) is 3.54. The van der Waals surface area contributed by atoms with Gasteiger partial charge < -0.3 is 10.4 Å². The van der Waals surface area contributed by atoms with E-state index in [1.165, 1.54) is 11.1 Å². The van der Waals surface area contributed by atoms with Crippen LogP contribution in [0.15, 0.2) is 24.3 Å². The van der Waals surface area contributed by atoms with Crippen molar-refractivity contribution in [3.63, 3.8) is 0 Å². The molecule has 3 nitrogen and oxygen atoms in total. The van der Waals surface area contributed by atoms with Crippen molar-refractivity contribution in [2.75, 3.05) is 13.1 Å². The highest BCUT2D eigenvalue weighted by molar-refractivity contribution is 5.70.